The maximum absolute atomic E-state index is 13.1. The summed E-state index contributed by atoms with van der Waals surface area (Å²) in [6, 6.07) is 1.97. The number of benzene rings is 1. The summed E-state index contributed by atoms with van der Waals surface area (Å²) in [6.45, 7) is 0.197. The summed E-state index contributed by atoms with van der Waals surface area (Å²) in [5.74, 6) is -1.72. The maximum atomic E-state index is 13.1. The van der Waals surface area contributed by atoms with E-state index in [1.807, 2.05) is 0 Å². The molecule has 1 aliphatic rings. The lowest BCUT2D eigenvalue weighted by atomic mass is 10.1. The van der Waals surface area contributed by atoms with Gasteiger partial charge in [0.05, 0.1) is 5.56 Å². The van der Waals surface area contributed by atoms with Crippen molar-refractivity contribution in [3.63, 3.8) is 0 Å². The van der Waals surface area contributed by atoms with Crippen LogP contribution in [0.3, 0.4) is 0 Å². The Balaban J connectivity index is 2.06. The van der Waals surface area contributed by atoms with Gasteiger partial charge < -0.3 is 11.1 Å². The van der Waals surface area contributed by atoms with Gasteiger partial charge in [0.25, 0.3) is 5.91 Å². The van der Waals surface area contributed by atoms with E-state index in [0.717, 1.165) is 18.9 Å². The molecule has 1 atom stereocenters. The first-order valence-electron chi connectivity index (χ1n) is 6.19. The molecule has 0 spiro atoms. The van der Waals surface area contributed by atoms with Crippen molar-refractivity contribution in [2.75, 3.05) is 6.54 Å². The van der Waals surface area contributed by atoms with Crippen LogP contribution in [0.2, 0.25) is 0 Å². The number of hydrogen-bond acceptors (Lipinski definition) is 2. The third-order valence-corrected chi connectivity index (χ3v) is 3.26. The van der Waals surface area contributed by atoms with E-state index in [1.54, 1.807) is 0 Å². The Bertz CT molecular complexity index is 512. The zero-order valence-electron chi connectivity index (χ0n) is 10.5. The summed E-state index contributed by atoms with van der Waals surface area (Å²) in [7, 11) is 0. The highest BCUT2D eigenvalue weighted by atomic mass is 19.4. The predicted octanol–water partition coefficient (Wildman–Crippen LogP) is 2.31. The number of nitrogens with two attached hydrogens (primary N) is 1. The molecular formula is C13H14F4N2O. The van der Waals surface area contributed by atoms with Crippen LogP contribution in [0.1, 0.15) is 28.8 Å². The van der Waals surface area contributed by atoms with E-state index in [4.69, 9.17) is 5.73 Å². The van der Waals surface area contributed by atoms with E-state index in [1.165, 1.54) is 0 Å². The number of amides is 1. The summed E-state index contributed by atoms with van der Waals surface area (Å²) < 4.78 is 50.7. The summed E-state index contributed by atoms with van der Waals surface area (Å²) in [5.41, 5.74) is 4.09. The first-order valence-corrected chi connectivity index (χ1v) is 6.19. The molecule has 0 radical (unpaired) electrons. The number of carbonyl (C=O) groups is 1. The van der Waals surface area contributed by atoms with Gasteiger partial charge in [-0.3, -0.25) is 4.79 Å². The fraction of sp³-hybridized carbons (Fsp3) is 0.462. The van der Waals surface area contributed by atoms with Crippen molar-refractivity contribution in [3.05, 3.63) is 35.1 Å². The highest BCUT2D eigenvalue weighted by molar-refractivity contribution is 5.94. The maximum Gasteiger partial charge on any atom is 0.419 e. The Morgan fingerprint density at radius 1 is 1.40 bits per heavy atom. The molecule has 0 saturated heterocycles. The van der Waals surface area contributed by atoms with Crippen molar-refractivity contribution in [1.29, 1.82) is 0 Å². The van der Waals surface area contributed by atoms with Gasteiger partial charge in [-0.1, -0.05) is 0 Å². The number of nitrogens with one attached hydrogen (secondary N) is 1. The molecule has 110 valence electrons. The number of halogens is 4. The Hall–Kier alpha value is -1.63. The van der Waals surface area contributed by atoms with Crippen LogP contribution in [0.4, 0.5) is 17.6 Å². The normalized spacial score (nSPS) is 16.9. The highest BCUT2D eigenvalue weighted by Crippen LogP contribution is 2.32. The second kappa shape index (κ2) is 5.40. The molecule has 3 nitrogen and oxygen atoms in total. The summed E-state index contributed by atoms with van der Waals surface area (Å²) in [5, 5.41) is 2.46. The topological polar surface area (TPSA) is 55.1 Å². The molecule has 1 fully saturated rings. The smallest absolute Gasteiger partial charge is 0.350 e. The standard InChI is InChI=1S/C13H14F4N2O/c14-10-4-3-8(5-9(10)13(15,16)17)12(20)19-6-11(18)7-1-2-7/h3-5,7,11H,1-2,6,18H2,(H,19,20)/t11-/m1/s1. The molecule has 0 unspecified atom stereocenters. The molecule has 1 aliphatic carbocycles. The minimum absolute atomic E-state index is 0.193. The summed E-state index contributed by atoms with van der Waals surface area (Å²) in [6.07, 6.45) is -2.82. The molecule has 0 heterocycles. The lowest BCUT2D eigenvalue weighted by Gasteiger charge is -2.13. The Morgan fingerprint density at radius 3 is 2.60 bits per heavy atom. The van der Waals surface area contributed by atoms with E-state index in [2.05, 4.69) is 5.32 Å². The number of carbonyl (C=O) groups excluding carboxylic acids is 1. The van der Waals surface area contributed by atoms with Crippen molar-refractivity contribution in [1.82, 2.24) is 5.32 Å². The van der Waals surface area contributed by atoms with Crippen LogP contribution in [0.15, 0.2) is 18.2 Å². The zero-order valence-corrected chi connectivity index (χ0v) is 10.5. The molecule has 3 N–H and O–H groups in total. The quantitative estimate of drug-likeness (QED) is 0.836. The fourth-order valence-corrected chi connectivity index (χ4v) is 1.89. The molecule has 2 rings (SSSR count). The van der Waals surface area contributed by atoms with Crippen LogP contribution in [0, 0.1) is 11.7 Å². The molecule has 0 bridgehead atoms. The number of alkyl halides is 3. The number of hydrogen-bond donors (Lipinski definition) is 2. The van der Waals surface area contributed by atoms with Gasteiger partial charge in [0.2, 0.25) is 0 Å². The van der Waals surface area contributed by atoms with Gasteiger partial charge in [-0.15, -0.1) is 0 Å². The Labute approximate surface area is 113 Å². The molecule has 1 aromatic rings. The van der Waals surface area contributed by atoms with Gasteiger partial charge >= 0.3 is 6.18 Å². The molecule has 1 saturated carbocycles. The fourth-order valence-electron chi connectivity index (χ4n) is 1.89. The highest BCUT2D eigenvalue weighted by Gasteiger charge is 2.35. The third-order valence-electron chi connectivity index (χ3n) is 3.26. The van der Waals surface area contributed by atoms with Crippen LogP contribution in [-0.2, 0) is 6.18 Å². The minimum Gasteiger partial charge on any atom is -0.350 e. The molecule has 7 heteroatoms. The summed E-state index contributed by atoms with van der Waals surface area (Å²) in [4.78, 5) is 11.7. The van der Waals surface area contributed by atoms with Gasteiger partial charge in [0, 0.05) is 18.2 Å². The SMILES string of the molecule is N[C@H](CNC(=O)c1ccc(F)c(C(F)(F)F)c1)C1CC1. The van der Waals surface area contributed by atoms with Gasteiger partial charge in [0.15, 0.2) is 0 Å². The van der Waals surface area contributed by atoms with E-state index in [-0.39, 0.29) is 18.2 Å². The van der Waals surface area contributed by atoms with E-state index >= 15 is 0 Å². The molecular weight excluding hydrogens is 276 g/mol. The van der Waals surface area contributed by atoms with Crippen LogP contribution in [-0.4, -0.2) is 18.5 Å². The lowest BCUT2D eigenvalue weighted by Crippen LogP contribution is -2.38. The van der Waals surface area contributed by atoms with Crippen LogP contribution < -0.4 is 11.1 Å². The van der Waals surface area contributed by atoms with Crippen LogP contribution >= 0.6 is 0 Å². The largest absolute Gasteiger partial charge is 0.419 e. The molecule has 1 amide bonds. The lowest BCUT2D eigenvalue weighted by molar-refractivity contribution is -0.140. The van der Waals surface area contributed by atoms with Crippen molar-refractivity contribution < 1.29 is 22.4 Å². The van der Waals surface area contributed by atoms with Crippen molar-refractivity contribution >= 4 is 5.91 Å². The van der Waals surface area contributed by atoms with Crippen molar-refractivity contribution in [2.24, 2.45) is 11.7 Å². The van der Waals surface area contributed by atoms with Gasteiger partial charge in [0.1, 0.15) is 5.82 Å². The molecule has 20 heavy (non-hydrogen) atoms. The van der Waals surface area contributed by atoms with E-state index in [9.17, 15) is 22.4 Å². The zero-order chi connectivity index (χ0) is 14.9. The predicted molar refractivity (Wildman–Crippen MR) is 64.4 cm³/mol. The molecule has 0 aromatic heterocycles. The van der Waals surface area contributed by atoms with Crippen LogP contribution in [0.5, 0.6) is 0 Å². The Kier molecular flexibility index (Phi) is 3.99. The van der Waals surface area contributed by atoms with Crippen LogP contribution in [0.25, 0.3) is 0 Å². The van der Waals surface area contributed by atoms with Crippen molar-refractivity contribution in [2.45, 2.75) is 25.1 Å². The first-order chi connectivity index (χ1) is 9.29. The monoisotopic (exact) mass is 290 g/mol. The number of rotatable bonds is 4. The second-order valence-electron chi connectivity index (χ2n) is 4.90. The van der Waals surface area contributed by atoms with Crippen molar-refractivity contribution in [3.8, 4) is 0 Å². The second-order valence-corrected chi connectivity index (χ2v) is 4.90. The van der Waals surface area contributed by atoms with E-state index < -0.39 is 23.5 Å². The molecule has 1 aromatic carbocycles. The van der Waals surface area contributed by atoms with Gasteiger partial charge in [-0.25, -0.2) is 4.39 Å². The van der Waals surface area contributed by atoms with Gasteiger partial charge in [-0.05, 0) is 37.0 Å². The first kappa shape index (κ1) is 14.8. The average Bonchev–Trinajstić information content (AvgIpc) is 3.18. The average molecular weight is 290 g/mol. The molecule has 0 aliphatic heterocycles. The van der Waals surface area contributed by atoms with Gasteiger partial charge in [-0.2, -0.15) is 13.2 Å². The summed E-state index contributed by atoms with van der Waals surface area (Å²) >= 11 is 0. The third kappa shape index (κ3) is 3.47. The minimum atomic E-state index is -4.83. The Morgan fingerprint density at radius 2 is 2.05 bits per heavy atom. The van der Waals surface area contributed by atoms with E-state index in [0.29, 0.717) is 18.1 Å².